The zero-order chi connectivity index (χ0) is 13.8. The number of nitrogens with two attached hydrogens (primary N) is 1. The van der Waals surface area contributed by atoms with Gasteiger partial charge in [-0.2, -0.15) is 0 Å². The van der Waals surface area contributed by atoms with Gasteiger partial charge in [0.1, 0.15) is 5.82 Å². The van der Waals surface area contributed by atoms with Crippen LogP contribution in [0.4, 0.5) is 10.1 Å². The zero-order valence-electron chi connectivity index (χ0n) is 10.7. The van der Waals surface area contributed by atoms with E-state index in [0.717, 1.165) is 15.7 Å². The van der Waals surface area contributed by atoms with Crippen molar-refractivity contribution >= 4 is 21.6 Å². The second kappa shape index (κ2) is 6.17. The molecule has 2 N–H and O–H groups in total. The lowest BCUT2D eigenvalue weighted by Crippen LogP contribution is -2.20. The molecule has 0 aliphatic rings. The van der Waals surface area contributed by atoms with E-state index in [2.05, 4.69) is 15.9 Å². The summed E-state index contributed by atoms with van der Waals surface area (Å²) in [6, 6.07) is 13.0. The smallest absolute Gasteiger partial charge is 0.129 e. The number of anilines is 1. The summed E-state index contributed by atoms with van der Waals surface area (Å²) in [6.07, 6.45) is 0. The summed E-state index contributed by atoms with van der Waals surface area (Å²) < 4.78 is 14.8. The molecule has 2 rings (SSSR count). The molecule has 0 heterocycles. The van der Waals surface area contributed by atoms with Crippen molar-refractivity contribution in [3.63, 3.8) is 0 Å². The second-order valence-corrected chi connectivity index (χ2v) is 5.24. The Morgan fingerprint density at radius 2 is 1.89 bits per heavy atom. The fourth-order valence-electron chi connectivity index (χ4n) is 2.07. The van der Waals surface area contributed by atoms with E-state index in [9.17, 15) is 4.39 Å². The molecule has 2 aromatic carbocycles. The topological polar surface area (TPSA) is 29.3 Å². The molecule has 0 fully saturated rings. The molecular weight excluding hydrogens is 307 g/mol. The van der Waals surface area contributed by atoms with E-state index in [0.29, 0.717) is 12.1 Å². The molecule has 0 amide bonds. The van der Waals surface area contributed by atoms with Gasteiger partial charge in [-0.1, -0.05) is 40.2 Å². The normalized spacial score (nSPS) is 10.5. The third kappa shape index (κ3) is 3.14. The Morgan fingerprint density at radius 3 is 2.58 bits per heavy atom. The molecule has 100 valence electrons. The first-order chi connectivity index (χ1) is 9.13. The minimum atomic E-state index is -0.251. The van der Waals surface area contributed by atoms with Crippen molar-refractivity contribution in [3.05, 3.63) is 63.9 Å². The third-order valence-corrected chi connectivity index (χ3v) is 3.85. The third-order valence-electron chi connectivity index (χ3n) is 3.07. The van der Waals surface area contributed by atoms with Crippen LogP contribution in [0.15, 0.2) is 46.9 Å². The SMILES string of the molecule is CN(Cc1ccccc1Br)c1cccc(F)c1CN. The van der Waals surface area contributed by atoms with Gasteiger partial charge in [-0.3, -0.25) is 0 Å². The maximum absolute atomic E-state index is 13.7. The van der Waals surface area contributed by atoms with E-state index in [1.54, 1.807) is 6.07 Å². The molecule has 0 unspecified atom stereocenters. The summed E-state index contributed by atoms with van der Waals surface area (Å²) in [6.45, 7) is 0.889. The fourth-order valence-corrected chi connectivity index (χ4v) is 2.48. The van der Waals surface area contributed by atoms with E-state index in [1.807, 2.05) is 42.3 Å². The molecule has 0 saturated heterocycles. The Bertz CT molecular complexity index is 572. The van der Waals surface area contributed by atoms with Crippen molar-refractivity contribution in [3.8, 4) is 0 Å². The maximum atomic E-state index is 13.7. The molecule has 0 aliphatic heterocycles. The summed E-state index contributed by atoms with van der Waals surface area (Å²) in [5.41, 5.74) is 8.17. The van der Waals surface area contributed by atoms with Crippen molar-refractivity contribution in [2.75, 3.05) is 11.9 Å². The van der Waals surface area contributed by atoms with Crippen LogP contribution in [0.1, 0.15) is 11.1 Å². The van der Waals surface area contributed by atoms with Crippen molar-refractivity contribution in [2.24, 2.45) is 5.73 Å². The predicted molar refractivity (Wildman–Crippen MR) is 80.5 cm³/mol. The predicted octanol–water partition coefficient (Wildman–Crippen LogP) is 3.68. The summed E-state index contributed by atoms with van der Waals surface area (Å²) >= 11 is 3.52. The van der Waals surface area contributed by atoms with E-state index in [1.165, 1.54) is 6.07 Å². The first kappa shape index (κ1) is 14.0. The summed E-state index contributed by atoms with van der Waals surface area (Å²) in [7, 11) is 1.94. The highest BCUT2D eigenvalue weighted by Crippen LogP contribution is 2.25. The molecule has 0 spiro atoms. The van der Waals surface area contributed by atoms with Gasteiger partial charge in [0, 0.05) is 35.9 Å². The Labute approximate surface area is 121 Å². The van der Waals surface area contributed by atoms with Gasteiger partial charge in [-0.05, 0) is 23.8 Å². The van der Waals surface area contributed by atoms with Gasteiger partial charge in [-0.25, -0.2) is 4.39 Å². The average Bonchev–Trinajstić information content (AvgIpc) is 2.41. The minimum Gasteiger partial charge on any atom is -0.370 e. The van der Waals surface area contributed by atoms with Crippen LogP contribution in [0, 0.1) is 5.82 Å². The van der Waals surface area contributed by atoms with E-state index in [4.69, 9.17) is 5.73 Å². The van der Waals surface area contributed by atoms with Crippen LogP contribution >= 0.6 is 15.9 Å². The highest BCUT2D eigenvalue weighted by Gasteiger charge is 2.11. The molecule has 2 aromatic rings. The van der Waals surface area contributed by atoms with Crippen molar-refractivity contribution < 1.29 is 4.39 Å². The number of benzene rings is 2. The fraction of sp³-hybridized carbons (Fsp3) is 0.200. The van der Waals surface area contributed by atoms with Gasteiger partial charge >= 0.3 is 0 Å². The van der Waals surface area contributed by atoms with Crippen molar-refractivity contribution in [2.45, 2.75) is 13.1 Å². The number of hydrogen-bond donors (Lipinski definition) is 1. The molecule has 0 radical (unpaired) electrons. The molecule has 0 aromatic heterocycles. The highest BCUT2D eigenvalue weighted by atomic mass is 79.9. The molecule has 2 nitrogen and oxygen atoms in total. The minimum absolute atomic E-state index is 0.197. The highest BCUT2D eigenvalue weighted by molar-refractivity contribution is 9.10. The maximum Gasteiger partial charge on any atom is 0.129 e. The van der Waals surface area contributed by atoms with Gasteiger partial charge in [0.15, 0.2) is 0 Å². The van der Waals surface area contributed by atoms with Gasteiger partial charge in [0.2, 0.25) is 0 Å². The van der Waals surface area contributed by atoms with Crippen LogP contribution in [0.5, 0.6) is 0 Å². The Hall–Kier alpha value is -1.39. The number of hydrogen-bond acceptors (Lipinski definition) is 2. The Morgan fingerprint density at radius 1 is 1.16 bits per heavy atom. The molecule has 0 aliphatic carbocycles. The first-order valence-electron chi connectivity index (χ1n) is 6.05. The van der Waals surface area contributed by atoms with Crippen LogP contribution in [0.25, 0.3) is 0 Å². The monoisotopic (exact) mass is 322 g/mol. The van der Waals surface area contributed by atoms with Crippen LogP contribution < -0.4 is 10.6 Å². The van der Waals surface area contributed by atoms with Gasteiger partial charge in [-0.15, -0.1) is 0 Å². The van der Waals surface area contributed by atoms with Crippen LogP contribution in [-0.4, -0.2) is 7.05 Å². The van der Waals surface area contributed by atoms with E-state index < -0.39 is 0 Å². The van der Waals surface area contributed by atoms with E-state index in [-0.39, 0.29) is 12.4 Å². The standard InChI is InChI=1S/C15H16BrFN2/c1-19(10-11-5-2-3-6-13(11)16)15-8-4-7-14(17)12(15)9-18/h2-8H,9-10,18H2,1H3. The van der Waals surface area contributed by atoms with Crippen molar-refractivity contribution in [1.29, 1.82) is 0 Å². The van der Waals surface area contributed by atoms with Crippen LogP contribution in [0.2, 0.25) is 0 Å². The molecule has 4 heteroatoms. The van der Waals surface area contributed by atoms with Gasteiger partial charge < -0.3 is 10.6 Å². The largest absolute Gasteiger partial charge is 0.370 e. The molecule has 0 bridgehead atoms. The summed E-state index contributed by atoms with van der Waals surface area (Å²) in [5.74, 6) is -0.251. The lowest BCUT2D eigenvalue weighted by atomic mass is 10.1. The van der Waals surface area contributed by atoms with E-state index >= 15 is 0 Å². The number of nitrogens with zero attached hydrogens (tertiary/aromatic N) is 1. The Kier molecular flexibility index (Phi) is 4.56. The lowest BCUT2D eigenvalue weighted by Gasteiger charge is -2.23. The van der Waals surface area contributed by atoms with Crippen LogP contribution in [-0.2, 0) is 13.1 Å². The lowest BCUT2D eigenvalue weighted by molar-refractivity contribution is 0.609. The van der Waals surface area contributed by atoms with Gasteiger partial charge in [0.25, 0.3) is 0 Å². The van der Waals surface area contributed by atoms with Gasteiger partial charge in [0.05, 0.1) is 0 Å². The average molecular weight is 323 g/mol. The number of halogens is 2. The summed E-state index contributed by atoms with van der Waals surface area (Å²) in [4.78, 5) is 2.01. The van der Waals surface area contributed by atoms with Crippen LogP contribution in [0.3, 0.4) is 0 Å². The Balaban J connectivity index is 2.28. The molecular formula is C15H16BrFN2. The molecule has 19 heavy (non-hydrogen) atoms. The quantitative estimate of drug-likeness (QED) is 0.930. The van der Waals surface area contributed by atoms with Crippen molar-refractivity contribution in [1.82, 2.24) is 0 Å². The first-order valence-corrected chi connectivity index (χ1v) is 6.84. The zero-order valence-corrected chi connectivity index (χ0v) is 12.3. The molecule has 0 atom stereocenters. The second-order valence-electron chi connectivity index (χ2n) is 4.39. The number of rotatable bonds is 4. The molecule has 0 saturated carbocycles. The summed E-state index contributed by atoms with van der Waals surface area (Å²) in [5, 5.41) is 0.